The van der Waals surface area contributed by atoms with Crippen molar-refractivity contribution in [3.05, 3.63) is 24.1 Å². The number of carbonyl (C=O) groups excluding carboxylic acids is 2. The average Bonchev–Trinajstić information content (AvgIpc) is 2.53. The van der Waals surface area contributed by atoms with E-state index in [9.17, 15) is 24.0 Å². The van der Waals surface area contributed by atoms with Crippen LogP contribution in [0.5, 0.6) is 0 Å². The minimum atomic E-state index is -1.64. The molecule has 1 saturated heterocycles. The van der Waals surface area contributed by atoms with Crippen molar-refractivity contribution in [3.8, 4) is 0 Å². The van der Waals surface area contributed by atoms with E-state index < -0.39 is 18.9 Å². The highest BCUT2D eigenvalue weighted by atomic mass is 19.1. The van der Waals surface area contributed by atoms with Crippen molar-refractivity contribution < 1.29 is 24.0 Å². The lowest BCUT2D eigenvalue weighted by Crippen LogP contribution is -2.53. The molecule has 1 amide bonds. The lowest BCUT2D eigenvalue weighted by Gasteiger charge is -2.40. The van der Waals surface area contributed by atoms with Crippen molar-refractivity contribution in [2.45, 2.75) is 51.5 Å². The summed E-state index contributed by atoms with van der Waals surface area (Å²) in [4.78, 5) is 30.1. The fourth-order valence-electron chi connectivity index (χ4n) is 2.98. The summed E-state index contributed by atoms with van der Waals surface area (Å²) in [6.45, 7) is 4.49. The first-order valence-electron chi connectivity index (χ1n) is 8.84. The molecule has 0 bridgehead atoms. The molecule has 2 unspecified atom stereocenters. The van der Waals surface area contributed by atoms with Crippen LogP contribution in [0.3, 0.4) is 0 Å². The SMILES string of the molecule is CC(C)CC(NC(=O)CCC(=O)C1CCN1c1ccc(F)cn1)B(O)O. The molecule has 1 aromatic heterocycles. The Morgan fingerprint density at radius 1 is 1.38 bits per heavy atom. The number of nitrogens with one attached hydrogen (secondary N) is 1. The summed E-state index contributed by atoms with van der Waals surface area (Å²) in [6.07, 6.45) is 2.26. The first-order chi connectivity index (χ1) is 12.3. The molecule has 2 rings (SSSR count). The van der Waals surface area contributed by atoms with Gasteiger partial charge in [-0.15, -0.1) is 0 Å². The van der Waals surface area contributed by atoms with Gasteiger partial charge in [0.25, 0.3) is 0 Å². The molecule has 0 radical (unpaired) electrons. The van der Waals surface area contributed by atoms with E-state index in [0.29, 0.717) is 25.2 Å². The Hall–Kier alpha value is -2.00. The maximum Gasteiger partial charge on any atom is 0.475 e. The molecule has 2 heterocycles. The van der Waals surface area contributed by atoms with Crippen LogP contribution < -0.4 is 10.2 Å². The van der Waals surface area contributed by atoms with Crippen LogP contribution in [0, 0.1) is 11.7 Å². The number of ketones is 1. The van der Waals surface area contributed by atoms with Gasteiger partial charge in [-0.2, -0.15) is 0 Å². The number of aromatic nitrogens is 1. The summed E-state index contributed by atoms with van der Waals surface area (Å²) in [5.74, 6) is -0.918. The molecule has 9 heteroatoms. The van der Waals surface area contributed by atoms with Crippen molar-refractivity contribution >= 4 is 24.6 Å². The maximum atomic E-state index is 12.9. The highest BCUT2D eigenvalue weighted by Gasteiger charge is 2.35. The Morgan fingerprint density at radius 3 is 2.62 bits per heavy atom. The summed E-state index contributed by atoms with van der Waals surface area (Å²) in [6, 6.07) is 2.47. The van der Waals surface area contributed by atoms with Crippen LogP contribution in [-0.2, 0) is 9.59 Å². The number of anilines is 1. The fourth-order valence-corrected chi connectivity index (χ4v) is 2.98. The normalized spacial score (nSPS) is 17.6. The van der Waals surface area contributed by atoms with Gasteiger partial charge < -0.3 is 20.3 Å². The topological polar surface area (TPSA) is 103 Å². The van der Waals surface area contributed by atoms with Crippen LogP contribution in [0.15, 0.2) is 18.3 Å². The third kappa shape index (κ3) is 5.50. The molecule has 26 heavy (non-hydrogen) atoms. The first-order valence-corrected chi connectivity index (χ1v) is 8.84. The van der Waals surface area contributed by atoms with Gasteiger partial charge in [0.05, 0.1) is 18.2 Å². The van der Waals surface area contributed by atoms with E-state index in [0.717, 1.165) is 6.20 Å². The molecule has 0 aliphatic carbocycles. The second kappa shape index (κ2) is 9.09. The summed E-state index contributed by atoms with van der Waals surface area (Å²) < 4.78 is 12.9. The molecule has 2 atom stereocenters. The van der Waals surface area contributed by atoms with Gasteiger partial charge in [0.2, 0.25) is 5.91 Å². The van der Waals surface area contributed by atoms with Crippen molar-refractivity contribution in [3.63, 3.8) is 0 Å². The summed E-state index contributed by atoms with van der Waals surface area (Å²) in [5.41, 5.74) is 0. The van der Waals surface area contributed by atoms with Gasteiger partial charge in [0.15, 0.2) is 5.78 Å². The zero-order valence-electron chi connectivity index (χ0n) is 15.1. The zero-order valence-corrected chi connectivity index (χ0v) is 15.1. The minimum Gasteiger partial charge on any atom is -0.426 e. The molecule has 7 nitrogen and oxygen atoms in total. The van der Waals surface area contributed by atoms with E-state index in [2.05, 4.69) is 10.3 Å². The van der Waals surface area contributed by atoms with Crippen molar-refractivity contribution in [2.75, 3.05) is 11.4 Å². The second-order valence-corrected chi connectivity index (χ2v) is 7.02. The molecule has 1 aromatic rings. The molecule has 0 aromatic carbocycles. The quantitative estimate of drug-likeness (QED) is 0.557. The number of Topliss-reactive ketones (excluding diaryl/α,β-unsaturated/α-hetero) is 1. The number of nitrogens with zero attached hydrogens (tertiary/aromatic N) is 2. The Morgan fingerprint density at radius 2 is 2.12 bits per heavy atom. The second-order valence-electron chi connectivity index (χ2n) is 7.02. The number of pyridine rings is 1. The average molecular weight is 365 g/mol. The summed E-state index contributed by atoms with van der Waals surface area (Å²) in [7, 11) is -1.64. The number of carbonyl (C=O) groups is 2. The smallest absolute Gasteiger partial charge is 0.426 e. The molecule has 1 aliphatic heterocycles. The van der Waals surface area contributed by atoms with Crippen molar-refractivity contribution in [2.24, 2.45) is 5.92 Å². The summed E-state index contributed by atoms with van der Waals surface area (Å²) >= 11 is 0. The van der Waals surface area contributed by atoms with Gasteiger partial charge in [-0.1, -0.05) is 13.8 Å². The number of amides is 1. The van der Waals surface area contributed by atoms with Gasteiger partial charge in [-0.3, -0.25) is 9.59 Å². The molecule has 0 spiro atoms. The Kier molecular flexibility index (Phi) is 7.10. The number of hydrogen-bond acceptors (Lipinski definition) is 6. The zero-order chi connectivity index (χ0) is 19.3. The largest absolute Gasteiger partial charge is 0.475 e. The van der Waals surface area contributed by atoms with E-state index in [1.54, 1.807) is 4.90 Å². The molecule has 3 N–H and O–H groups in total. The summed E-state index contributed by atoms with van der Waals surface area (Å²) in [5, 5.41) is 21.2. The first kappa shape index (κ1) is 20.3. The molecule has 142 valence electrons. The Labute approximate surface area is 152 Å². The van der Waals surface area contributed by atoms with Crippen LogP contribution in [0.25, 0.3) is 0 Å². The third-order valence-electron chi connectivity index (χ3n) is 4.43. The van der Waals surface area contributed by atoms with E-state index in [4.69, 9.17) is 0 Å². The number of halogens is 1. The van der Waals surface area contributed by atoms with E-state index in [-0.39, 0.29) is 36.5 Å². The van der Waals surface area contributed by atoms with Gasteiger partial charge in [0.1, 0.15) is 11.6 Å². The highest BCUT2D eigenvalue weighted by molar-refractivity contribution is 6.43. The molecular weight excluding hydrogens is 340 g/mol. The van der Waals surface area contributed by atoms with Crippen LogP contribution in [0.4, 0.5) is 10.2 Å². The van der Waals surface area contributed by atoms with Crippen molar-refractivity contribution in [1.82, 2.24) is 10.3 Å². The fraction of sp³-hybridized carbons (Fsp3) is 0.588. The van der Waals surface area contributed by atoms with Crippen LogP contribution >= 0.6 is 0 Å². The van der Waals surface area contributed by atoms with Crippen molar-refractivity contribution in [1.29, 1.82) is 0 Å². The molecular formula is C17H25BFN3O4. The Bertz CT molecular complexity index is 627. The van der Waals surface area contributed by atoms with E-state index >= 15 is 0 Å². The predicted octanol–water partition coefficient (Wildman–Crippen LogP) is 0.692. The molecule has 0 saturated carbocycles. The van der Waals surface area contributed by atoms with Crippen LogP contribution in [0.1, 0.15) is 39.5 Å². The van der Waals surface area contributed by atoms with Gasteiger partial charge in [0, 0.05) is 19.4 Å². The lowest BCUT2D eigenvalue weighted by atomic mass is 9.75. The minimum absolute atomic E-state index is 0.0126. The number of rotatable bonds is 9. The predicted molar refractivity (Wildman–Crippen MR) is 95.8 cm³/mol. The van der Waals surface area contributed by atoms with Gasteiger partial charge >= 0.3 is 7.12 Å². The van der Waals surface area contributed by atoms with Crippen LogP contribution in [0.2, 0.25) is 0 Å². The highest BCUT2D eigenvalue weighted by Crippen LogP contribution is 2.26. The molecule has 1 aliphatic rings. The standard InChI is InChI=1S/C17H25BFN3O4/c1-11(2)9-15(18(25)26)21-17(24)6-4-14(23)13-7-8-22(13)16-5-3-12(19)10-20-16/h3,5,10-11,13,15,25-26H,4,6-9H2,1-2H3,(H,21,24). The van der Waals surface area contributed by atoms with Crippen LogP contribution in [-0.4, -0.2) is 52.4 Å². The Balaban J connectivity index is 1.82. The van der Waals surface area contributed by atoms with E-state index in [1.807, 2.05) is 13.8 Å². The van der Waals surface area contributed by atoms with E-state index in [1.165, 1.54) is 12.1 Å². The monoisotopic (exact) mass is 365 g/mol. The lowest BCUT2D eigenvalue weighted by molar-refractivity contribution is -0.126. The maximum absolute atomic E-state index is 12.9. The van der Waals surface area contributed by atoms with Gasteiger partial charge in [-0.25, -0.2) is 9.37 Å². The third-order valence-corrected chi connectivity index (χ3v) is 4.43. The van der Waals surface area contributed by atoms with Gasteiger partial charge in [-0.05, 0) is 30.9 Å². The number of hydrogen-bond donors (Lipinski definition) is 3. The molecule has 1 fully saturated rings.